The van der Waals surface area contributed by atoms with Crippen molar-refractivity contribution in [2.24, 2.45) is 0 Å². The maximum absolute atomic E-state index is 11.5. The lowest BCUT2D eigenvalue weighted by Gasteiger charge is -2.17. The number of unbranched alkanes of at least 4 members (excludes halogenated alkanes) is 8. The number of hydrogen-bond acceptors (Lipinski definition) is 4. The fraction of sp³-hybridized carbons (Fsp3) is 0.577. The third kappa shape index (κ3) is 5.57. The van der Waals surface area contributed by atoms with Crippen molar-refractivity contribution in [3.63, 3.8) is 0 Å². The number of hydrogen-bond donors (Lipinski definition) is 1. The van der Waals surface area contributed by atoms with E-state index in [0.717, 1.165) is 30.3 Å². The molecule has 7 heteroatoms. The first-order valence-electron chi connectivity index (χ1n) is 12.6. The fourth-order valence-electron chi connectivity index (χ4n) is 4.94. The Balaban J connectivity index is 1.40. The molecular formula is C26H36N4O3. The molecule has 4 rings (SSSR count). The highest BCUT2D eigenvalue weighted by atomic mass is 16.5. The molecule has 7 nitrogen and oxygen atoms in total. The van der Waals surface area contributed by atoms with Gasteiger partial charge in [0, 0.05) is 35.8 Å². The minimum absolute atomic E-state index is 0.348. The number of carbonyl (C=O) groups is 1. The fourth-order valence-corrected chi connectivity index (χ4v) is 4.94. The smallest absolute Gasteiger partial charge is 0.407 e. The highest BCUT2D eigenvalue weighted by molar-refractivity contribution is 5.94. The molecule has 0 saturated carbocycles. The number of aryl methyl sites for hydroxylation is 1. The van der Waals surface area contributed by atoms with E-state index in [1.807, 2.05) is 6.07 Å². The second kappa shape index (κ2) is 11.3. The lowest BCUT2D eigenvalue weighted by molar-refractivity contribution is 0.131. The van der Waals surface area contributed by atoms with E-state index in [1.54, 1.807) is 0 Å². The van der Waals surface area contributed by atoms with E-state index < -0.39 is 6.09 Å². The first-order chi connectivity index (χ1) is 16.2. The Kier molecular flexibility index (Phi) is 8.02. The van der Waals surface area contributed by atoms with E-state index >= 15 is 0 Å². The van der Waals surface area contributed by atoms with E-state index in [9.17, 15) is 9.90 Å². The van der Waals surface area contributed by atoms with Gasteiger partial charge < -0.3 is 14.2 Å². The van der Waals surface area contributed by atoms with Crippen LogP contribution in [0, 0.1) is 0 Å². The number of carboxylic acid groups (broad SMARTS) is 1. The van der Waals surface area contributed by atoms with Crippen LogP contribution in [0.25, 0.3) is 22.3 Å². The molecule has 0 bridgehead atoms. The molecule has 1 saturated heterocycles. The first kappa shape index (κ1) is 23.3. The topological polar surface area (TPSA) is 84.4 Å². The zero-order chi connectivity index (χ0) is 23.0. The summed E-state index contributed by atoms with van der Waals surface area (Å²) < 4.78 is 7.82. The summed E-state index contributed by atoms with van der Waals surface area (Å²) in [4.78, 5) is 17.5. The SMILES string of the molecule is CCCCCCCCCCCn1cc(-c2noc([C@@H]3CCCN3C(=O)O)n2)c2ccccc21. The van der Waals surface area contributed by atoms with Crippen LogP contribution < -0.4 is 0 Å². The predicted octanol–water partition coefficient (Wildman–Crippen LogP) is 7.04. The van der Waals surface area contributed by atoms with Crippen LogP contribution in [0.4, 0.5) is 4.79 Å². The molecule has 0 unspecified atom stereocenters. The molecule has 1 fully saturated rings. The summed E-state index contributed by atoms with van der Waals surface area (Å²) in [6.07, 6.45) is 14.5. The molecule has 2 aromatic heterocycles. The number of nitrogens with zero attached hydrogens (tertiary/aromatic N) is 4. The summed E-state index contributed by atoms with van der Waals surface area (Å²) in [5.74, 6) is 0.921. The second-order valence-electron chi connectivity index (χ2n) is 9.17. The molecule has 1 atom stereocenters. The van der Waals surface area contributed by atoms with Gasteiger partial charge in [-0.2, -0.15) is 4.98 Å². The number of benzene rings is 1. The molecule has 0 aliphatic carbocycles. The van der Waals surface area contributed by atoms with E-state index in [-0.39, 0.29) is 6.04 Å². The van der Waals surface area contributed by atoms with Crippen LogP contribution in [0.2, 0.25) is 0 Å². The molecule has 1 N–H and O–H groups in total. The van der Waals surface area contributed by atoms with Gasteiger partial charge in [-0.05, 0) is 25.3 Å². The summed E-state index contributed by atoms with van der Waals surface area (Å²) in [5, 5.41) is 14.8. The van der Waals surface area contributed by atoms with E-state index in [2.05, 4.69) is 46.0 Å². The molecule has 1 aliphatic heterocycles. The van der Waals surface area contributed by atoms with Crippen LogP contribution in [0.3, 0.4) is 0 Å². The first-order valence-corrected chi connectivity index (χ1v) is 12.6. The number of fused-ring (bicyclic) bond motifs is 1. The molecule has 1 amide bonds. The van der Waals surface area contributed by atoms with Gasteiger partial charge in [-0.3, -0.25) is 4.90 Å². The number of rotatable bonds is 12. The zero-order valence-corrected chi connectivity index (χ0v) is 19.7. The lowest BCUT2D eigenvalue weighted by Crippen LogP contribution is -2.28. The average Bonchev–Trinajstić information content (AvgIpc) is 3.56. The van der Waals surface area contributed by atoms with Crippen LogP contribution in [-0.4, -0.2) is 37.4 Å². The largest absolute Gasteiger partial charge is 0.465 e. The Morgan fingerprint density at radius 2 is 1.82 bits per heavy atom. The van der Waals surface area contributed by atoms with Crippen molar-refractivity contribution in [3.05, 3.63) is 36.4 Å². The summed E-state index contributed by atoms with van der Waals surface area (Å²) in [7, 11) is 0. The van der Waals surface area contributed by atoms with Crippen LogP contribution in [0.5, 0.6) is 0 Å². The standard InChI is InChI=1S/C26H36N4O3/c1-2-3-4-5-6-7-8-9-12-17-29-19-21(20-14-10-11-15-22(20)29)24-27-25(33-28-24)23-16-13-18-30(23)26(31)32/h10-11,14-15,19,23H,2-9,12-13,16-18H2,1H3,(H,31,32)/t23-/m0/s1. The Morgan fingerprint density at radius 1 is 1.09 bits per heavy atom. The summed E-state index contributed by atoms with van der Waals surface area (Å²) in [5.41, 5.74) is 2.11. The maximum Gasteiger partial charge on any atom is 0.407 e. The van der Waals surface area contributed by atoms with Crippen LogP contribution >= 0.6 is 0 Å². The van der Waals surface area contributed by atoms with Crippen LogP contribution in [0.15, 0.2) is 35.0 Å². The van der Waals surface area contributed by atoms with E-state index in [4.69, 9.17) is 4.52 Å². The summed E-state index contributed by atoms with van der Waals surface area (Å²) in [6.45, 7) is 3.74. The van der Waals surface area contributed by atoms with E-state index in [1.165, 1.54) is 61.8 Å². The molecule has 178 valence electrons. The molecule has 3 heterocycles. The van der Waals surface area contributed by atoms with Crippen molar-refractivity contribution in [1.82, 2.24) is 19.6 Å². The Hall–Kier alpha value is -2.83. The highest BCUT2D eigenvalue weighted by Gasteiger charge is 2.34. The average molecular weight is 453 g/mol. The molecule has 1 aromatic carbocycles. The minimum atomic E-state index is -0.935. The lowest BCUT2D eigenvalue weighted by atomic mass is 10.1. The van der Waals surface area contributed by atoms with Gasteiger partial charge in [0.1, 0.15) is 6.04 Å². The van der Waals surface area contributed by atoms with Crippen molar-refractivity contribution < 1.29 is 14.4 Å². The van der Waals surface area contributed by atoms with Crippen molar-refractivity contribution >= 4 is 17.0 Å². The molecular weight excluding hydrogens is 416 g/mol. The van der Waals surface area contributed by atoms with Crippen molar-refractivity contribution in [3.8, 4) is 11.4 Å². The Labute approximate surface area is 195 Å². The minimum Gasteiger partial charge on any atom is -0.465 e. The highest BCUT2D eigenvalue weighted by Crippen LogP contribution is 2.34. The van der Waals surface area contributed by atoms with Gasteiger partial charge >= 0.3 is 6.09 Å². The van der Waals surface area contributed by atoms with Gasteiger partial charge in [0.05, 0.1) is 0 Å². The van der Waals surface area contributed by atoms with Crippen molar-refractivity contribution in [1.29, 1.82) is 0 Å². The normalized spacial score (nSPS) is 16.2. The quantitative estimate of drug-likeness (QED) is 0.298. The van der Waals surface area contributed by atoms with Gasteiger partial charge in [-0.1, -0.05) is 81.6 Å². The maximum atomic E-state index is 11.5. The molecule has 3 aromatic rings. The van der Waals surface area contributed by atoms with Gasteiger partial charge in [-0.15, -0.1) is 0 Å². The van der Waals surface area contributed by atoms with E-state index in [0.29, 0.717) is 24.7 Å². The number of aromatic nitrogens is 3. The summed E-state index contributed by atoms with van der Waals surface area (Å²) >= 11 is 0. The molecule has 33 heavy (non-hydrogen) atoms. The predicted molar refractivity (Wildman–Crippen MR) is 129 cm³/mol. The van der Waals surface area contributed by atoms with Gasteiger partial charge in [0.25, 0.3) is 0 Å². The monoisotopic (exact) mass is 452 g/mol. The van der Waals surface area contributed by atoms with Crippen molar-refractivity contribution in [2.75, 3.05) is 6.54 Å². The van der Waals surface area contributed by atoms with Gasteiger partial charge in [-0.25, -0.2) is 4.79 Å². The molecule has 1 aliphatic rings. The Bertz CT molecular complexity index is 1040. The van der Waals surface area contributed by atoms with Gasteiger partial charge in [0.15, 0.2) is 0 Å². The number of para-hydroxylation sites is 1. The van der Waals surface area contributed by atoms with Crippen LogP contribution in [0.1, 0.15) is 89.5 Å². The number of amides is 1. The second-order valence-corrected chi connectivity index (χ2v) is 9.17. The zero-order valence-electron chi connectivity index (χ0n) is 19.7. The van der Waals surface area contributed by atoms with Gasteiger partial charge in [0.2, 0.25) is 11.7 Å². The van der Waals surface area contributed by atoms with Crippen molar-refractivity contribution in [2.45, 2.75) is 90.1 Å². The molecule has 0 radical (unpaired) electrons. The Morgan fingerprint density at radius 3 is 2.58 bits per heavy atom. The molecule has 0 spiro atoms. The summed E-state index contributed by atoms with van der Waals surface area (Å²) in [6, 6.07) is 7.96. The third-order valence-electron chi connectivity index (χ3n) is 6.76. The number of likely N-dealkylation sites (tertiary alicyclic amines) is 1. The third-order valence-corrected chi connectivity index (χ3v) is 6.76. The van der Waals surface area contributed by atoms with Crippen LogP contribution in [-0.2, 0) is 6.54 Å².